The normalized spacial score (nSPS) is 11.2. The first-order chi connectivity index (χ1) is 10.2. The van der Waals surface area contributed by atoms with Crippen LogP contribution >= 0.6 is 23.2 Å². The lowest BCUT2D eigenvalue weighted by atomic mass is 10.1. The van der Waals surface area contributed by atoms with Crippen molar-refractivity contribution >= 4 is 35.1 Å². The van der Waals surface area contributed by atoms with E-state index in [4.69, 9.17) is 32.8 Å². The number of benzene rings is 1. The van der Waals surface area contributed by atoms with E-state index in [-0.39, 0.29) is 18.9 Å². The Kier molecular flexibility index (Phi) is 6.66. The van der Waals surface area contributed by atoms with Crippen molar-refractivity contribution in [1.29, 1.82) is 0 Å². The molecular weight excluding hydrogens is 329 g/mol. The molecule has 5 nitrogen and oxygen atoms in total. The van der Waals surface area contributed by atoms with Crippen LogP contribution in [0.25, 0.3) is 0 Å². The van der Waals surface area contributed by atoms with Crippen molar-refractivity contribution in [3.05, 3.63) is 33.8 Å². The van der Waals surface area contributed by atoms with Crippen LogP contribution in [0.1, 0.15) is 26.3 Å². The Morgan fingerprint density at radius 1 is 1.27 bits per heavy atom. The van der Waals surface area contributed by atoms with Crippen molar-refractivity contribution in [2.45, 2.75) is 32.8 Å². The smallest absolute Gasteiger partial charge is 0.340 e. The van der Waals surface area contributed by atoms with E-state index in [1.165, 1.54) is 20.9 Å². The van der Waals surface area contributed by atoms with Crippen molar-refractivity contribution in [1.82, 2.24) is 5.06 Å². The number of hydrogen-bond acceptors (Lipinski definition) is 4. The second-order valence-corrected chi connectivity index (χ2v) is 5.97. The standard InChI is InChI=1S/C15H19Cl2NO4/c1-5-21-14(20)15(2,3)22-18(4)13(19)8-10-6-7-11(16)9-12(10)17/h6-7,9H,5,8H2,1-4H3. The van der Waals surface area contributed by atoms with Crippen LogP contribution in [-0.4, -0.2) is 36.2 Å². The van der Waals surface area contributed by atoms with Gasteiger partial charge in [0.05, 0.1) is 13.0 Å². The van der Waals surface area contributed by atoms with Crippen LogP contribution in [0.5, 0.6) is 0 Å². The molecule has 0 spiro atoms. The van der Waals surface area contributed by atoms with Crippen LogP contribution in [0.4, 0.5) is 0 Å². The molecule has 0 atom stereocenters. The Morgan fingerprint density at radius 2 is 1.91 bits per heavy atom. The Balaban J connectivity index is 2.71. The summed E-state index contributed by atoms with van der Waals surface area (Å²) in [4.78, 5) is 29.3. The van der Waals surface area contributed by atoms with Gasteiger partial charge in [-0.2, -0.15) is 0 Å². The Morgan fingerprint density at radius 3 is 2.45 bits per heavy atom. The van der Waals surface area contributed by atoms with Crippen molar-refractivity contribution in [2.75, 3.05) is 13.7 Å². The molecule has 0 aromatic heterocycles. The number of carbonyl (C=O) groups excluding carboxylic acids is 2. The summed E-state index contributed by atoms with van der Waals surface area (Å²) in [5, 5.41) is 1.91. The second-order valence-electron chi connectivity index (χ2n) is 5.13. The van der Waals surface area contributed by atoms with Gasteiger partial charge < -0.3 is 4.74 Å². The lowest BCUT2D eigenvalue weighted by molar-refractivity contribution is -0.230. The fraction of sp³-hybridized carbons (Fsp3) is 0.467. The van der Waals surface area contributed by atoms with Gasteiger partial charge >= 0.3 is 5.97 Å². The van der Waals surface area contributed by atoms with Crippen molar-refractivity contribution in [2.24, 2.45) is 0 Å². The number of ether oxygens (including phenoxy) is 1. The minimum atomic E-state index is -1.26. The highest BCUT2D eigenvalue weighted by Gasteiger charge is 2.34. The number of esters is 1. The van der Waals surface area contributed by atoms with Crippen LogP contribution in [0.15, 0.2) is 18.2 Å². The molecule has 0 radical (unpaired) electrons. The van der Waals surface area contributed by atoms with Crippen LogP contribution < -0.4 is 0 Å². The number of nitrogens with zero attached hydrogens (tertiary/aromatic N) is 1. The van der Waals surface area contributed by atoms with E-state index in [1.807, 2.05) is 0 Å². The Hall–Kier alpha value is -1.30. The average molecular weight is 348 g/mol. The maximum Gasteiger partial charge on any atom is 0.340 e. The maximum absolute atomic E-state index is 12.2. The third-order valence-electron chi connectivity index (χ3n) is 2.84. The molecule has 1 aromatic rings. The zero-order valence-electron chi connectivity index (χ0n) is 13.0. The molecule has 1 amide bonds. The molecule has 1 aromatic carbocycles. The molecule has 0 fully saturated rings. The van der Waals surface area contributed by atoms with Gasteiger partial charge in [0, 0.05) is 17.1 Å². The van der Waals surface area contributed by atoms with Gasteiger partial charge in [0.2, 0.25) is 5.91 Å². The summed E-state index contributed by atoms with van der Waals surface area (Å²) in [5.41, 5.74) is -0.634. The third-order valence-corrected chi connectivity index (χ3v) is 3.43. The highest BCUT2D eigenvalue weighted by atomic mass is 35.5. The number of hydroxylamine groups is 2. The highest BCUT2D eigenvalue weighted by Crippen LogP contribution is 2.22. The highest BCUT2D eigenvalue weighted by molar-refractivity contribution is 6.35. The monoisotopic (exact) mass is 347 g/mol. The van der Waals surface area contributed by atoms with Crippen LogP contribution in [0.2, 0.25) is 10.0 Å². The third kappa shape index (κ3) is 5.16. The fourth-order valence-electron chi connectivity index (χ4n) is 1.67. The molecule has 0 heterocycles. The largest absolute Gasteiger partial charge is 0.464 e. The van der Waals surface area contributed by atoms with E-state index in [9.17, 15) is 9.59 Å². The van der Waals surface area contributed by atoms with E-state index >= 15 is 0 Å². The van der Waals surface area contributed by atoms with Crippen molar-refractivity contribution in [3.63, 3.8) is 0 Å². The zero-order chi connectivity index (χ0) is 16.9. The van der Waals surface area contributed by atoms with Gasteiger partial charge in [0.25, 0.3) is 0 Å². The van der Waals surface area contributed by atoms with Gasteiger partial charge in [0.1, 0.15) is 0 Å². The summed E-state index contributed by atoms with van der Waals surface area (Å²) in [5.74, 6) is -0.888. The number of likely N-dealkylation sites (N-methyl/N-ethyl adjacent to an activating group) is 1. The van der Waals surface area contributed by atoms with E-state index in [2.05, 4.69) is 0 Å². The first kappa shape index (κ1) is 18.7. The summed E-state index contributed by atoms with van der Waals surface area (Å²) in [6.07, 6.45) is 0.0331. The van der Waals surface area contributed by atoms with Crippen LogP contribution in [-0.2, 0) is 25.6 Å². The van der Waals surface area contributed by atoms with E-state index in [1.54, 1.807) is 25.1 Å². The lowest BCUT2D eigenvalue weighted by Gasteiger charge is -2.28. The molecule has 22 heavy (non-hydrogen) atoms. The number of carbonyl (C=O) groups is 2. The summed E-state index contributed by atoms with van der Waals surface area (Å²) >= 11 is 11.8. The minimum absolute atomic E-state index is 0.0331. The SMILES string of the molecule is CCOC(=O)C(C)(C)ON(C)C(=O)Cc1ccc(Cl)cc1Cl. The number of halogens is 2. The van der Waals surface area contributed by atoms with Crippen molar-refractivity contribution < 1.29 is 19.2 Å². The first-order valence-electron chi connectivity index (χ1n) is 6.74. The predicted molar refractivity (Wildman–Crippen MR) is 84.7 cm³/mol. The fourth-order valence-corrected chi connectivity index (χ4v) is 2.15. The number of amides is 1. The molecule has 0 saturated carbocycles. The molecule has 0 unspecified atom stereocenters. The predicted octanol–water partition coefficient (Wildman–Crippen LogP) is 3.27. The topological polar surface area (TPSA) is 55.8 Å². The number of rotatable bonds is 6. The van der Waals surface area contributed by atoms with Gasteiger partial charge in [0.15, 0.2) is 5.60 Å². The van der Waals surface area contributed by atoms with Crippen LogP contribution in [0, 0.1) is 0 Å². The first-order valence-corrected chi connectivity index (χ1v) is 7.49. The zero-order valence-corrected chi connectivity index (χ0v) is 14.5. The Labute approximate surface area is 140 Å². The quantitative estimate of drug-likeness (QED) is 0.585. The molecule has 1 rings (SSSR count). The van der Waals surface area contributed by atoms with Crippen LogP contribution in [0.3, 0.4) is 0 Å². The number of hydrogen-bond donors (Lipinski definition) is 0. The van der Waals surface area contributed by atoms with E-state index < -0.39 is 11.6 Å². The van der Waals surface area contributed by atoms with Gasteiger partial charge in [-0.05, 0) is 38.5 Å². The summed E-state index contributed by atoms with van der Waals surface area (Å²) < 4.78 is 4.90. The van der Waals surface area contributed by atoms with Gasteiger partial charge in [-0.1, -0.05) is 29.3 Å². The van der Waals surface area contributed by atoms with Gasteiger partial charge in [-0.25, -0.2) is 9.86 Å². The average Bonchev–Trinajstić information content (AvgIpc) is 2.41. The molecule has 7 heteroatoms. The van der Waals surface area contributed by atoms with E-state index in [0.29, 0.717) is 15.6 Å². The molecule has 0 bridgehead atoms. The molecular formula is C15H19Cl2NO4. The molecule has 122 valence electrons. The summed E-state index contributed by atoms with van der Waals surface area (Å²) in [6, 6.07) is 4.89. The summed E-state index contributed by atoms with van der Waals surface area (Å²) in [6.45, 7) is 5.00. The lowest BCUT2D eigenvalue weighted by Crippen LogP contribution is -2.44. The Bertz CT molecular complexity index is 560. The molecule has 0 aliphatic heterocycles. The maximum atomic E-state index is 12.2. The van der Waals surface area contributed by atoms with Gasteiger partial charge in [-0.15, -0.1) is 0 Å². The van der Waals surface area contributed by atoms with Crippen molar-refractivity contribution in [3.8, 4) is 0 Å². The summed E-state index contributed by atoms with van der Waals surface area (Å²) in [7, 11) is 1.44. The van der Waals surface area contributed by atoms with E-state index in [0.717, 1.165) is 5.06 Å². The van der Waals surface area contributed by atoms with Gasteiger partial charge in [-0.3, -0.25) is 9.63 Å². The minimum Gasteiger partial charge on any atom is -0.464 e. The molecule has 0 aliphatic rings. The molecule has 0 N–H and O–H groups in total. The molecule has 0 saturated heterocycles. The second kappa shape index (κ2) is 7.81. The molecule has 0 aliphatic carbocycles.